The van der Waals surface area contributed by atoms with Gasteiger partial charge in [-0.25, -0.2) is 9.18 Å². The third kappa shape index (κ3) is 6.65. The van der Waals surface area contributed by atoms with Crippen LogP contribution in [0.1, 0.15) is 29.3 Å². The first-order valence-corrected chi connectivity index (χ1v) is 11.5. The number of thiophene rings is 1. The molecule has 0 spiro atoms. The molecule has 1 aromatic heterocycles. The molecule has 5 nitrogen and oxygen atoms in total. The van der Waals surface area contributed by atoms with E-state index in [1.165, 1.54) is 17.0 Å². The number of hydrogen-bond acceptors (Lipinski definition) is 3. The van der Waals surface area contributed by atoms with Crippen LogP contribution in [0.5, 0.6) is 0 Å². The van der Waals surface area contributed by atoms with Crippen molar-refractivity contribution in [3.63, 3.8) is 0 Å². The minimum atomic E-state index is -0.313. The number of aryl methyl sites for hydroxylation is 1. The van der Waals surface area contributed by atoms with Crippen molar-refractivity contribution in [2.45, 2.75) is 33.4 Å². The Morgan fingerprint density at radius 2 is 1.69 bits per heavy atom. The maximum atomic E-state index is 13.3. The van der Waals surface area contributed by atoms with E-state index in [4.69, 9.17) is 0 Å². The molecule has 0 unspecified atom stereocenters. The molecule has 1 heterocycles. The lowest BCUT2D eigenvalue weighted by Crippen LogP contribution is -2.44. The van der Waals surface area contributed by atoms with Crippen LogP contribution >= 0.6 is 11.3 Å². The molecule has 7 heteroatoms. The van der Waals surface area contributed by atoms with Crippen LogP contribution in [-0.4, -0.2) is 34.8 Å². The average molecular weight is 454 g/mol. The minimum Gasteiger partial charge on any atom is -0.332 e. The summed E-state index contributed by atoms with van der Waals surface area (Å²) in [6.45, 7) is 5.21. The van der Waals surface area contributed by atoms with Gasteiger partial charge in [-0.15, -0.1) is 11.3 Å². The summed E-state index contributed by atoms with van der Waals surface area (Å²) >= 11 is 1.60. The number of carbonyl (C=O) groups is 2. The predicted molar refractivity (Wildman–Crippen MR) is 127 cm³/mol. The fourth-order valence-electron chi connectivity index (χ4n) is 3.29. The zero-order valence-electron chi connectivity index (χ0n) is 18.4. The maximum Gasteiger partial charge on any atom is 0.322 e. The number of nitrogens with zero attached hydrogens (tertiary/aromatic N) is 2. The highest BCUT2D eigenvalue weighted by Crippen LogP contribution is 2.20. The molecule has 0 saturated carbocycles. The second kappa shape index (κ2) is 11.4. The molecule has 0 aliphatic rings. The number of urea groups is 1. The molecule has 0 saturated heterocycles. The molecule has 0 aliphatic heterocycles. The number of halogens is 1. The van der Waals surface area contributed by atoms with Crippen molar-refractivity contribution >= 4 is 29.0 Å². The number of amides is 3. The molecule has 2 aromatic carbocycles. The van der Waals surface area contributed by atoms with E-state index >= 15 is 0 Å². The highest BCUT2D eigenvalue weighted by atomic mass is 32.1. The molecule has 0 bridgehead atoms. The molecule has 0 atom stereocenters. The van der Waals surface area contributed by atoms with Crippen LogP contribution in [0, 0.1) is 12.7 Å². The van der Waals surface area contributed by atoms with Gasteiger partial charge in [-0.3, -0.25) is 4.79 Å². The van der Waals surface area contributed by atoms with Gasteiger partial charge in [0.05, 0.1) is 6.54 Å². The zero-order valence-corrected chi connectivity index (χ0v) is 19.2. The second-order valence-corrected chi connectivity index (χ2v) is 8.62. The van der Waals surface area contributed by atoms with Crippen molar-refractivity contribution in [1.82, 2.24) is 9.80 Å². The van der Waals surface area contributed by atoms with E-state index in [-0.39, 0.29) is 24.3 Å². The second-order valence-electron chi connectivity index (χ2n) is 7.62. The summed E-state index contributed by atoms with van der Waals surface area (Å²) in [6.07, 6.45) is 0.734. The molecule has 1 N–H and O–H groups in total. The molecular weight excluding hydrogens is 425 g/mol. The monoisotopic (exact) mass is 453 g/mol. The van der Waals surface area contributed by atoms with E-state index < -0.39 is 0 Å². The van der Waals surface area contributed by atoms with Gasteiger partial charge in [0.2, 0.25) is 5.91 Å². The van der Waals surface area contributed by atoms with Gasteiger partial charge in [0.15, 0.2) is 0 Å². The lowest BCUT2D eigenvalue weighted by Gasteiger charge is -2.28. The van der Waals surface area contributed by atoms with Gasteiger partial charge in [-0.2, -0.15) is 0 Å². The van der Waals surface area contributed by atoms with Crippen molar-refractivity contribution < 1.29 is 14.0 Å². The van der Waals surface area contributed by atoms with Crippen molar-refractivity contribution in [3.8, 4) is 0 Å². The van der Waals surface area contributed by atoms with Crippen LogP contribution in [0.25, 0.3) is 0 Å². The SMILES string of the molecule is CCCN(CC(=O)N(Cc1ccc(F)cc1)Cc1sccc1C)C(=O)Nc1ccccc1. The summed E-state index contributed by atoms with van der Waals surface area (Å²) in [5, 5.41) is 4.86. The van der Waals surface area contributed by atoms with E-state index in [1.807, 2.05) is 55.6 Å². The van der Waals surface area contributed by atoms with Crippen molar-refractivity contribution in [2.24, 2.45) is 0 Å². The summed E-state index contributed by atoms with van der Waals surface area (Å²) in [7, 11) is 0. The number of rotatable bonds is 9. The number of hydrogen-bond donors (Lipinski definition) is 1. The number of anilines is 1. The Morgan fingerprint density at radius 3 is 2.31 bits per heavy atom. The first-order chi connectivity index (χ1) is 15.5. The minimum absolute atomic E-state index is 0.0296. The first-order valence-electron chi connectivity index (χ1n) is 10.6. The van der Waals surface area contributed by atoms with Crippen LogP contribution in [0.4, 0.5) is 14.9 Å². The van der Waals surface area contributed by atoms with Gasteiger partial charge in [0.1, 0.15) is 12.4 Å². The van der Waals surface area contributed by atoms with E-state index in [2.05, 4.69) is 5.32 Å². The summed E-state index contributed by atoms with van der Waals surface area (Å²) < 4.78 is 13.3. The summed E-state index contributed by atoms with van der Waals surface area (Å²) in [4.78, 5) is 30.5. The summed E-state index contributed by atoms with van der Waals surface area (Å²) in [6, 6.07) is 17.1. The maximum absolute atomic E-state index is 13.3. The van der Waals surface area contributed by atoms with E-state index in [0.717, 1.165) is 22.4 Å². The van der Waals surface area contributed by atoms with Crippen molar-refractivity contribution in [3.05, 3.63) is 87.9 Å². The molecule has 0 fully saturated rings. The fourth-order valence-corrected chi connectivity index (χ4v) is 4.21. The smallest absolute Gasteiger partial charge is 0.322 e. The number of nitrogens with one attached hydrogen (secondary N) is 1. The average Bonchev–Trinajstić information content (AvgIpc) is 3.19. The fraction of sp³-hybridized carbons (Fsp3) is 0.280. The van der Waals surface area contributed by atoms with Crippen LogP contribution in [-0.2, 0) is 17.9 Å². The van der Waals surface area contributed by atoms with E-state index in [9.17, 15) is 14.0 Å². The lowest BCUT2D eigenvalue weighted by molar-refractivity contribution is -0.133. The summed E-state index contributed by atoms with van der Waals surface area (Å²) in [5.41, 5.74) is 2.65. The largest absolute Gasteiger partial charge is 0.332 e. The van der Waals surface area contributed by atoms with E-state index in [1.54, 1.807) is 28.4 Å². The molecule has 0 radical (unpaired) electrons. The molecule has 3 aromatic rings. The quantitative estimate of drug-likeness (QED) is 0.454. The highest BCUT2D eigenvalue weighted by molar-refractivity contribution is 7.10. The van der Waals surface area contributed by atoms with Crippen molar-refractivity contribution in [2.75, 3.05) is 18.4 Å². The number of para-hydroxylation sites is 1. The Hall–Kier alpha value is -3.19. The standard InChI is InChI=1S/C25H28FN3O2S/c1-3-14-28(25(31)27-22-7-5-4-6-8-22)18-24(30)29(17-23-19(2)13-15-32-23)16-20-9-11-21(26)12-10-20/h4-13,15H,3,14,16-18H2,1-2H3,(H,27,31). The van der Waals surface area contributed by atoms with Crippen LogP contribution in [0.2, 0.25) is 0 Å². The Morgan fingerprint density at radius 1 is 0.969 bits per heavy atom. The Balaban J connectivity index is 1.75. The molecule has 0 aliphatic carbocycles. The summed E-state index contributed by atoms with van der Waals surface area (Å²) in [5.74, 6) is -0.466. The first kappa shape index (κ1) is 23.5. The van der Waals surface area contributed by atoms with Gasteiger partial charge in [0.25, 0.3) is 0 Å². The molecule has 3 rings (SSSR count). The van der Waals surface area contributed by atoms with Gasteiger partial charge in [-0.1, -0.05) is 37.3 Å². The van der Waals surface area contributed by atoms with Gasteiger partial charge in [0, 0.05) is 23.7 Å². The molecule has 3 amide bonds. The third-order valence-electron chi connectivity index (χ3n) is 5.07. The van der Waals surface area contributed by atoms with E-state index in [0.29, 0.717) is 25.3 Å². The molecular formula is C25H28FN3O2S. The predicted octanol–water partition coefficient (Wildman–Crippen LogP) is 5.67. The van der Waals surface area contributed by atoms with Crippen LogP contribution in [0.15, 0.2) is 66.0 Å². The number of benzene rings is 2. The van der Waals surface area contributed by atoms with Crippen molar-refractivity contribution in [1.29, 1.82) is 0 Å². The van der Waals surface area contributed by atoms with Gasteiger partial charge >= 0.3 is 6.03 Å². The molecule has 32 heavy (non-hydrogen) atoms. The molecule has 168 valence electrons. The number of carbonyl (C=O) groups excluding carboxylic acids is 2. The van der Waals surface area contributed by atoms with Gasteiger partial charge in [-0.05, 0) is 60.2 Å². The van der Waals surface area contributed by atoms with Crippen LogP contribution in [0.3, 0.4) is 0 Å². The Bertz CT molecular complexity index is 1020. The topological polar surface area (TPSA) is 52.7 Å². The van der Waals surface area contributed by atoms with Crippen LogP contribution < -0.4 is 5.32 Å². The third-order valence-corrected chi connectivity index (χ3v) is 6.08. The lowest BCUT2D eigenvalue weighted by atomic mass is 10.2. The highest BCUT2D eigenvalue weighted by Gasteiger charge is 2.22. The van der Waals surface area contributed by atoms with Gasteiger partial charge < -0.3 is 15.1 Å². The Labute approximate surface area is 192 Å². The normalized spacial score (nSPS) is 10.6. The Kier molecular flexibility index (Phi) is 8.39. The zero-order chi connectivity index (χ0) is 22.9.